The maximum absolute atomic E-state index is 13.4. The quantitative estimate of drug-likeness (QED) is 0.882. The molecule has 1 aliphatic rings. The molecule has 1 unspecified atom stereocenters. The minimum atomic E-state index is -0.170. The van der Waals surface area contributed by atoms with Crippen LogP contribution < -0.4 is 5.32 Å². The van der Waals surface area contributed by atoms with Crippen LogP contribution in [0, 0.1) is 11.7 Å². The van der Waals surface area contributed by atoms with Gasteiger partial charge in [0.15, 0.2) is 0 Å². The average molecular weight is 272 g/mol. The molecule has 0 heterocycles. The molecule has 0 radical (unpaired) electrons. The number of hydrogen-bond acceptors (Lipinski definition) is 1. The monoisotopic (exact) mass is 271 g/mol. The zero-order valence-electron chi connectivity index (χ0n) is 8.76. The second-order valence-electron chi connectivity index (χ2n) is 4.02. The summed E-state index contributed by atoms with van der Waals surface area (Å²) < 4.78 is 14.0. The lowest BCUT2D eigenvalue weighted by atomic mass is 10.0. The highest BCUT2D eigenvalue weighted by molar-refractivity contribution is 9.10. The normalized spacial score (nSPS) is 17.8. The van der Waals surface area contributed by atoms with Crippen LogP contribution in [0.15, 0.2) is 22.7 Å². The van der Waals surface area contributed by atoms with Crippen molar-refractivity contribution in [3.8, 4) is 0 Å². The molecular formula is C12H15BrFN. The minimum absolute atomic E-state index is 0.170. The van der Waals surface area contributed by atoms with Gasteiger partial charge in [-0.05, 0) is 52.9 Å². The molecule has 1 atom stereocenters. The standard InChI is InChI=1S/C12H15BrFN/c1-2-15-12(8-6-7-8)9-4-3-5-10(14)11(9)13/h3-5,8,12,15H,2,6-7H2,1H3. The Morgan fingerprint density at radius 3 is 2.87 bits per heavy atom. The van der Waals surface area contributed by atoms with E-state index in [0.29, 0.717) is 16.4 Å². The van der Waals surface area contributed by atoms with Gasteiger partial charge in [-0.3, -0.25) is 0 Å². The summed E-state index contributed by atoms with van der Waals surface area (Å²) in [6, 6.07) is 5.57. The van der Waals surface area contributed by atoms with Crippen molar-refractivity contribution in [2.75, 3.05) is 6.54 Å². The fourth-order valence-corrected chi connectivity index (χ4v) is 2.45. The van der Waals surface area contributed by atoms with Gasteiger partial charge in [0.25, 0.3) is 0 Å². The van der Waals surface area contributed by atoms with Gasteiger partial charge in [-0.2, -0.15) is 0 Å². The summed E-state index contributed by atoms with van der Waals surface area (Å²) in [5.74, 6) is 0.513. The Morgan fingerprint density at radius 2 is 2.27 bits per heavy atom. The zero-order valence-corrected chi connectivity index (χ0v) is 10.3. The van der Waals surface area contributed by atoms with E-state index in [4.69, 9.17) is 0 Å². The molecule has 1 fully saturated rings. The Labute approximate surface area is 98.2 Å². The minimum Gasteiger partial charge on any atom is -0.310 e. The highest BCUT2D eigenvalue weighted by Gasteiger charge is 2.33. The van der Waals surface area contributed by atoms with Crippen molar-refractivity contribution in [3.05, 3.63) is 34.1 Å². The highest BCUT2D eigenvalue weighted by Crippen LogP contribution is 2.43. The van der Waals surface area contributed by atoms with E-state index in [1.807, 2.05) is 6.07 Å². The van der Waals surface area contributed by atoms with Crippen LogP contribution in [0.1, 0.15) is 31.4 Å². The first-order chi connectivity index (χ1) is 7.24. The third kappa shape index (κ3) is 2.40. The van der Waals surface area contributed by atoms with Gasteiger partial charge in [-0.15, -0.1) is 0 Å². The van der Waals surface area contributed by atoms with Gasteiger partial charge >= 0.3 is 0 Å². The molecule has 15 heavy (non-hydrogen) atoms. The molecule has 1 aliphatic carbocycles. The van der Waals surface area contributed by atoms with Gasteiger partial charge < -0.3 is 5.32 Å². The predicted octanol–water partition coefficient (Wildman–Crippen LogP) is 3.65. The van der Waals surface area contributed by atoms with Crippen molar-refractivity contribution >= 4 is 15.9 Å². The van der Waals surface area contributed by atoms with E-state index < -0.39 is 0 Å². The molecule has 1 N–H and O–H groups in total. The van der Waals surface area contributed by atoms with E-state index in [1.54, 1.807) is 6.07 Å². The first-order valence-corrected chi connectivity index (χ1v) is 6.20. The number of hydrogen-bond donors (Lipinski definition) is 1. The van der Waals surface area contributed by atoms with Crippen LogP contribution in [0.5, 0.6) is 0 Å². The molecule has 1 aromatic rings. The van der Waals surface area contributed by atoms with E-state index >= 15 is 0 Å². The molecule has 1 aromatic carbocycles. The van der Waals surface area contributed by atoms with E-state index in [0.717, 1.165) is 12.1 Å². The van der Waals surface area contributed by atoms with Crippen molar-refractivity contribution in [2.45, 2.75) is 25.8 Å². The summed E-state index contributed by atoms with van der Waals surface area (Å²) in [5.41, 5.74) is 1.05. The number of rotatable bonds is 4. The Bertz CT molecular complexity index is 349. The topological polar surface area (TPSA) is 12.0 Å². The Balaban J connectivity index is 2.28. The second kappa shape index (κ2) is 4.62. The zero-order chi connectivity index (χ0) is 10.8. The van der Waals surface area contributed by atoms with Crippen LogP contribution in [0.25, 0.3) is 0 Å². The van der Waals surface area contributed by atoms with Gasteiger partial charge in [0, 0.05) is 6.04 Å². The maximum Gasteiger partial charge on any atom is 0.137 e. The van der Waals surface area contributed by atoms with Gasteiger partial charge in [-0.1, -0.05) is 19.1 Å². The molecule has 1 nitrogen and oxygen atoms in total. The summed E-state index contributed by atoms with van der Waals surface area (Å²) in [6.07, 6.45) is 2.50. The summed E-state index contributed by atoms with van der Waals surface area (Å²) >= 11 is 3.33. The van der Waals surface area contributed by atoms with E-state index in [-0.39, 0.29) is 5.82 Å². The Morgan fingerprint density at radius 1 is 1.53 bits per heavy atom. The van der Waals surface area contributed by atoms with Crippen LogP contribution in [-0.2, 0) is 0 Å². The van der Waals surface area contributed by atoms with E-state index in [1.165, 1.54) is 18.9 Å². The first kappa shape index (κ1) is 11.1. The van der Waals surface area contributed by atoms with Crippen LogP contribution in [-0.4, -0.2) is 6.54 Å². The molecule has 0 aromatic heterocycles. The van der Waals surface area contributed by atoms with E-state index in [9.17, 15) is 4.39 Å². The van der Waals surface area contributed by atoms with Crippen molar-refractivity contribution in [2.24, 2.45) is 5.92 Å². The summed E-state index contributed by atoms with van der Waals surface area (Å²) in [7, 11) is 0. The molecule has 82 valence electrons. The van der Waals surface area contributed by atoms with Crippen molar-refractivity contribution in [1.82, 2.24) is 5.32 Å². The molecule has 0 amide bonds. The molecule has 0 saturated heterocycles. The fraction of sp³-hybridized carbons (Fsp3) is 0.500. The molecule has 0 spiro atoms. The van der Waals surface area contributed by atoms with E-state index in [2.05, 4.69) is 28.2 Å². The van der Waals surface area contributed by atoms with Gasteiger partial charge in [-0.25, -0.2) is 4.39 Å². The van der Waals surface area contributed by atoms with Crippen molar-refractivity contribution < 1.29 is 4.39 Å². The van der Waals surface area contributed by atoms with Gasteiger partial charge in [0.2, 0.25) is 0 Å². The summed E-state index contributed by atoms with van der Waals surface area (Å²) in [6.45, 7) is 3.01. The number of nitrogens with one attached hydrogen (secondary N) is 1. The average Bonchev–Trinajstić information content (AvgIpc) is 3.03. The fourth-order valence-electron chi connectivity index (χ4n) is 1.94. The molecule has 0 aliphatic heterocycles. The Kier molecular flexibility index (Phi) is 3.42. The van der Waals surface area contributed by atoms with Gasteiger partial charge in [0.1, 0.15) is 5.82 Å². The van der Waals surface area contributed by atoms with Crippen LogP contribution in [0.4, 0.5) is 4.39 Å². The maximum atomic E-state index is 13.4. The smallest absolute Gasteiger partial charge is 0.137 e. The molecule has 1 saturated carbocycles. The lowest BCUT2D eigenvalue weighted by Crippen LogP contribution is -2.23. The molecule has 0 bridgehead atoms. The third-order valence-electron chi connectivity index (χ3n) is 2.83. The molecule has 3 heteroatoms. The highest BCUT2D eigenvalue weighted by atomic mass is 79.9. The summed E-state index contributed by atoms with van der Waals surface area (Å²) in [5, 5.41) is 3.43. The van der Waals surface area contributed by atoms with Crippen LogP contribution in [0.3, 0.4) is 0 Å². The summed E-state index contributed by atoms with van der Waals surface area (Å²) in [4.78, 5) is 0. The van der Waals surface area contributed by atoms with Crippen LogP contribution >= 0.6 is 15.9 Å². The third-order valence-corrected chi connectivity index (χ3v) is 3.67. The lowest BCUT2D eigenvalue weighted by molar-refractivity contribution is 0.489. The predicted molar refractivity (Wildman–Crippen MR) is 63.2 cm³/mol. The van der Waals surface area contributed by atoms with Gasteiger partial charge in [0.05, 0.1) is 4.47 Å². The largest absolute Gasteiger partial charge is 0.310 e. The first-order valence-electron chi connectivity index (χ1n) is 5.41. The lowest BCUT2D eigenvalue weighted by Gasteiger charge is -2.19. The molecular weight excluding hydrogens is 257 g/mol. The molecule has 2 rings (SSSR count). The number of benzene rings is 1. The second-order valence-corrected chi connectivity index (χ2v) is 4.81. The van der Waals surface area contributed by atoms with Crippen LogP contribution in [0.2, 0.25) is 0 Å². The number of halogens is 2. The van der Waals surface area contributed by atoms with Crippen molar-refractivity contribution in [3.63, 3.8) is 0 Å². The van der Waals surface area contributed by atoms with Crippen molar-refractivity contribution in [1.29, 1.82) is 0 Å². The Hall–Kier alpha value is -0.410. The SMILES string of the molecule is CCNC(c1cccc(F)c1Br)C1CC1.